The minimum absolute atomic E-state index is 0.175. The lowest BCUT2D eigenvalue weighted by Gasteiger charge is -2.34. The van der Waals surface area contributed by atoms with Gasteiger partial charge < -0.3 is 25.2 Å². The molecule has 10 nitrogen and oxygen atoms in total. The van der Waals surface area contributed by atoms with Gasteiger partial charge in [0.2, 0.25) is 11.9 Å². The number of anilines is 3. The molecule has 2 heterocycles. The summed E-state index contributed by atoms with van der Waals surface area (Å²) >= 11 is 0. The molecule has 0 bridgehead atoms. The molecule has 1 aliphatic heterocycles. The molecule has 0 saturated carbocycles. The zero-order chi connectivity index (χ0) is 23.9. The van der Waals surface area contributed by atoms with E-state index in [1.165, 1.54) is 0 Å². The summed E-state index contributed by atoms with van der Waals surface area (Å²) < 4.78 is 5.93. The van der Waals surface area contributed by atoms with Crippen LogP contribution in [0.2, 0.25) is 0 Å². The Morgan fingerprint density at radius 3 is 2.47 bits per heavy atom. The highest BCUT2D eigenvalue weighted by molar-refractivity contribution is 5.56. The Balaban J connectivity index is 1.40. The van der Waals surface area contributed by atoms with Crippen molar-refractivity contribution in [1.82, 2.24) is 25.2 Å². The number of hydrogen-bond donors (Lipinski definition) is 4. The topological polar surface area (TPSA) is 119 Å². The van der Waals surface area contributed by atoms with Crippen LogP contribution in [0.25, 0.3) is 0 Å². The van der Waals surface area contributed by atoms with Crippen molar-refractivity contribution < 1.29 is 14.9 Å². The van der Waals surface area contributed by atoms with Gasteiger partial charge in [-0.3, -0.25) is 10.2 Å². The Labute approximate surface area is 199 Å². The smallest absolute Gasteiger partial charge is 0.232 e. The second-order valence-corrected chi connectivity index (χ2v) is 8.07. The first-order valence-electron chi connectivity index (χ1n) is 11.3. The first kappa shape index (κ1) is 23.8. The van der Waals surface area contributed by atoms with Crippen LogP contribution in [0.4, 0.5) is 17.6 Å². The number of aliphatic hydroxyl groups excluding tert-OH is 2. The highest BCUT2D eigenvalue weighted by atomic mass is 16.5. The van der Waals surface area contributed by atoms with Crippen molar-refractivity contribution in [2.75, 3.05) is 56.6 Å². The number of aromatic nitrogens is 3. The minimum Gasteiger partial charge on any atom is -0.457 e. The zero-order valence-corrected chi connectivity index (χ0v) is 19.5. The average Bonchev–Trinajstić information content (AvgIpc) is 2.85. The molecule has 0 radical (unpaired) electrons. The summed E-state index contributed by atoms with van der Waals surface area (Å²) in [5.74, 6) is 3.11. The van der Waals surface area contributed by atoms with Crippen LogP contribution in [0.3, 0.4) is 0 Å². The molecule has 34 heavy (non-hydrogen) atoms. The first-order chi connectivity index (χ1) is 16.5. The van der Waals surface area contributed by atoms with Crippen LogP contribution in [0.1, 0.15) is 17.6 Å². The molecule has 2 aromatic carbocycles. The van der Waals surface area contributed by atoms with Crippen LogP contribution >= 0.6 is 0 Å². The second-order valence-electron chi connectivity index (χ2n) is 8.07. The predicted molar refractivity (Wildman–Crippen MR) is 131 cm³/mol. The molecular weight excluding hydrogens is 434 g/mol. The summed E-state index contributed by atoms with van der Waals surface area (Å²) in [5.41, 5.74) is 1.56. The van der Waals surface area contributed by atoms with Crippen molar-refractivity contribution >= 4 is 17.6 Å². The van der Waals surface area contributed by atoms with Gasteiger partial charge in [-0.1, -0.05) is 12.1 Å². The number of hydrogen-bond acceptors (Lipinski definition) is 10. The van der Waals surface area contributed by atoms with Gasteiger partial charge in [0, 0.05) is 38.4 Å². The summed E-state index contributed by atoms with van der Waals surface area (Å²) in [6, 6.07) is 14.8. The van der Waals surface area contributed by atoms with E-state index >= 15 is 0 Å². The Hall–Kier alpha value is -3.31. The van der Waals surface area contributed by atoms with Crippen LogP contribution in [-0.4, -0.2) is 76.4 Å². The van der Waals surface area contributed by atoms with Crippen molar-refractivity contribution in [3.8, 4) is 11.5 Å². The predicted octanol–water partition coefficient (Wildman–Crippen LogP) is 2.04. The van der Waals surface area contributed by atoms with Gasteiger partial charge in [-0.05, 0) is 55.9 Å². The highest BCUT2D eigenvalue weighted by Crippen LogP contribution is 2.26. The maximum Gasteiger partial charge on any atom is 0.232 e. The van der Waals surface area contributed by atoms with E-state index in [2.05, 4.69) is 35.4 Å². The fourth-order valence-corrected chi connectivity index (χ4v) is 3.76. The third-order valence-electron chi connectivity index (χ3n) is 5.60. The van der Waals surface area contributed by atoms with Crippen LogP contribution in [0, 0.1) is 6.92 Å². The van der Waals surface area contributed by atoms with Gasteiger partial charge in [-0.15, -0.1) is 0 Å². The number of ether oxygens (including phenoxy) is 1. The number of nitrogens with one attached hydrogen (secondary N) is 2. The Bertz CT molecular complexity index is 1070. The van der Waals surface area contributed by atoms with Crippen molar-refractivity contribution in [2.45, 2.75) is 13.2 Å². The maximum atomic E-state index is 9.95. The molecule has 0 amide bonds. The molecule has 1 fully saturated rings. The zero-order valence-electron chi connectivity index (χ0n) is 19.5. The third-order valence-corrected chi connectivity index (χ3v) is 5.60. The summed E-state index contributed by atoms with van der Waals surface area (Å²) in [5, 5.41) is 25.1. The molecular formula is C24H31N7O3. The van der Waals surface area contributed by atoms with E-state index in [4.69, 9.17) is 9.84 Å². The normalized spacial score (nSPS) is 15.2. The summed E-state index contributed by atoms with van der Waals surface area (Å²) in [6.07, 6.45) is -0.742. The van der Waals surface area contributed by atoms with Gasteiger partial charge in [0.15, 0.2) is 0 Å². The van der Waals surface area contributed by atoms with Gasteiger partial charge in [0.05, 0.1) is 6.61 Å². The number of aryl methyl sites for hydroxylation is 1. The highest BCUT2D eigenvalue weighted by Gasteiger charge is 2.19. The number of aliphatic hydroxyl groups is 2. The quantitative estimate of drug-likeness (QED) is 0.350. The van der Waals surface area contributed by atoms with Crippen molar-refractivity contribution in [3.05, 3.63) is 59.9 Å². The Morgan fingerprint density at radius 2 is 1.76 bits per heavy atom. The second kappa shape index (κ2) is 11.2. The fraction of sp³-hybridized carbons (Fsp3) is 0.375. The van der Waals surface area contributed by atoms with Gasteiger partial charge >= 0.3 is 0 Å². The van der Waals surface area contributed by atoms with Crippen molar-refractivity contribution in [2.24, 2.45) is 0 Å². The van der Waals surface area contributed by atoms with E-state index in [-0.39, 0.29) is 6.61 Å². The molecule has 0 spiro atoms. The van der Waals surface area contributed by atoms with Gasteiger partial charge in [0.25, 0.3) is 0 Å². The van der Waals surface area contributed by atoms with Crippen molar-refractivity contribution in [1.29, 1.82) is 0 Å². The molecule has 1 aliphatic rings. The molecule has 10 heteroatoms. The lowest BCUT2D eigenvalue weighted by atomic mass is 10.2. The summed E-state index contributed by atoms with van der Waals surface area (Å²) in [6.45, 7) is 6.07. The van der Waals surface area contributed by atoms with Gasteiger partial charge in [-0.25, -0.2) is 0 Å². The lowest BCUT2D eigenvalue weighted by Crippen LogP contribution is -2.47. The monoisotopic (exact) mass is 465 g/mol. The number of β-amino-alcohol motifs (C(OH)–C–C–N with tert-alkyl or cyclic N) is 1. The minimum atomic E-state index is -0.742. The molecule has 1 unspecified atom stereocenters. The van der Waals surface area contributed by atoms with Crippen LogP contribution in [0.15, 0.2) is 48.5 Å². The van der Waals surface area contributed by atoms with E-state index in [9.17, 15) is 5.11 Å². The van der Waals surface area contributed by atoms with E-state index in [0.717, 1.165) is 37.4 Å². The molecule has 4 rings (SSSR count). The van der Waals surface area contributed by atoms with Crippen LogP contribution < -0.4 is 20.3 Å². The SMILES string of the molecule is CNC(O)c1cccc(Oc2ccc(Nc3nc(C)nc(N4CCN(CCO)CC4)n3)cc2)c1. The van der Waals surface area contributed by atoms with E-state index in [1.54, 1.807) is 13.1 Å². The molecule has 3 aromatic rings. The lowest BCUT2D eigenvalue weighted by molar-refractivity contribution is 0.149. The largest absolute Gasteiger partial charge is 0.457 e. The van der Waals surface area contributed by atoms with Crippen LogP contribution in [-0.2, 0) is 0 Å². The standard InChI is InChI=1S/C24H31N7O3/c1-17-26-23(29-24(27-17)31-12-10-30(11-13-31)14-15-32)28-19-6-8-20(9-7-19)34-21-5-3-4-18(16-21)22(33)25-2/h3-9,16,22,25,32-33H,10-15H2,1-2H3,(H,26,27,28,29). The number of rotatable bonds is 9. The van der Waals surface area contributed by atoms with E-state index in [1.807, 2.05) is 49.4 Å². The molecule has 0 aliphatic carbocycles. The first-order valence-corrected chi connectivity index (χ1v) is 11.3. The molecule has 180 valence electrons. The average molecular weight is 466 g/mol. The van der Waals surface area contributed by atoms with Crippen molar-refractivity contribution in [3.63, 3.8) is 0 Å². The third kappa shape index (κ3) is 6.17. The van der Waals surface area contributed by atoms with Crippen LogP contribution in [0.5, 0.6) is 11.5 Å². The molecule has 1 saturated heterocycles. The number of benzene rings is 2. The molecule has 1 atom stereocenters. The number of nitrogens with zero attached hydrogens (tertiary/aromatic N) is 5. The van der Waals surface area contributed by atoms with E-state index in [0.29, 0.717) is 35.8 Å². The van der Waals surface area contributed by atoms with E-state index < -0.39 is 6.23 Å². The maximum absolute atomic E-state index is 9.95. The molecule has 4 N–H and O–H groups in total. The Kier molecular flexibility index (Phi) is 7.86. The Morgan fingerprint density at radius 1 is 1.00 bits per heavy atom. The van der Waals surface area contributed by atoms with Gasteiger partial charge in [-0.2, -0.15) is 15.0 Å². The summed E-state index contributed by atoms with van der Waals surface area (Å²) in [7, 11) is 1.69. The number of piperazine rings is 1. The molecule has 1 aromatic heterocycles. The fourth-order valence-electron chi connectivity index (χ4n) is 3.76. The summed E-state index contributed by atoms with van der Waals surface area (Å²) in [4.78, 5) is 17.9. The van der Waals surface area contributed by atoms with Gasteiger partial charge in [0.1, 0.15) is 23.6 Å².